The lowest BCUT2D eigenvalue weighted by atomic mass is 9.96. The zero-order chi connectivity index (χ0) is 22.1. The Balaban J connectivity index is 1.37. The van der Waals surface area contributed by atoms with Gasteiger partial charge in [0.1, 0.15) is 0 Å². The van der Waals surface area contributed by atoms with Crippen molar-refractivity contribution in [1.29, 1.82) is 0 Å². The summed E-state index contributed by atoms with van der Waals surface area (Å²) in [6, 6.07) is 9.77. The highest BCUT2D eigenvalue weighted by molar-refractivity contribution is 7.14. The topological polar surface area (TPSA) is 66.4 Å². The molecule has 1 aliphatic carbocycles. The number of pyridine rings is 1. The first-order chi connectivity index (χ1) is 15.6. The number of hydrogen-bond donors (Lipinski definition) is 0. The third-order valence-corrected chi connectivity index (χ3v) is 7.37. The fourth-order valence-electron chi connectivity index (χ4n) is 4.70. The maximum absolute atomic E-state index is 13.1. The van der Waals surface area contributed by atoms with E-state index < -0.39 is 0 Å². The molecule has 0 saturated heterocycles. The lowest BCUT2D eigenvalue weighted by molar-refractivity contribution is -0.122. The number of amides is 2. The van der Waals surface area contributed by atoms with E-state index in [0.29, 0.717) is 16.6 Å². The summed E-state index contributed by atoms with van der Waals surface area (Å²) in [5.41, 5.74) is 4.65. The van der Waals surface area contributed by atoms with Gasteiger partial charge < -0.3 is 4.90 Å². The van der Waals surface area contributed by atoms with E-state index in [9.17, 15) is 9.59 Å². The average Bonchev–Trinajstić information content (AvgIpc) is 3.55. The van der Waals surface area contributed by atoms with Crippen molar-refractivity contribution in [2.24, 2.45) is 5.92 Å². The van der Waals surface area contributed by atoms with Gasteiger partial charge in [0.05, 0.1) is 11.3 Å². The molecular weight excluding hydrogens is 420 g/mol. The molecule has 0 spiro atoms. The summed E-state index contributed by atoms with van der Waals surface area (Å²) in [5, 5.41) is 2.62. The minimum Gasteiger partial charge on any atom is -0.312 e. The maximum atomic E-state index is 13.1. The predicted octanol–water partition coefficient (Wildman–Crippen LogP) is 4.95. The van der Waals surface area contributed by atoms with Gasteiger partial charge in [-0.15, -0.1) is 11.3 Å². The second-order valence-electron chi connectivity index (χ2n) is 8.54. The highest BCUT2D eigenvalue weighted by atomic mass is 32.1. The van der Waals surface area contributed by atoms with Crippen LogP contribution in [0.25, 0.3) is 11.3 Å². The Morgan fingerprint density at radius 3 is 2.78 bits per heavy atom. The molecule has 0 bridgehead atoms. The minimum atomic E-state index is -0.134. The summed E-state index contributed by atoms with van der Waals surface area (Å²) >= 11 is 1.44. The van der Waals surface area contributed by atoms with E-state index in [0.717, 1.165) is 49.2 Å². The number of nitrogens with zero attached hydrogens (tertiary/aromatic N) is 4. The third-order valence-electron chi connectivity index (χ3n) is 6.46. The van der Waals surface area contributed by atoms with Gasteiger partial charge in [0.15, 0.2) is 5.13 Å². The molecule has 1 aromatic carbocycles. The summed E-state index contributed by atoms with van der Waals surface area (Å²) in [5.74, 6) is 0.350. The first-order valence-electron chi connectivity index (χ1n) is 11.2. The molecule has 1 saturated carbocycles. The Morgan fingerprint density at radius 1 is 1.16 bits per heavy atom. The standard InChI is InChI=1S/C25H26N4O2S/c1-28(23(30)20-8-4-12-26-15-20)25-27-21(16-32-25)18-10-11-22-19(14-18)9-5-13-29(22)24(31)17-6-2-3-7-17/h4,8,10-12,14-17H,2-3,5-7,9,13H2,1H3. The lowest BCUT2D eigenvalue weighted by Crippen LogP contribution is -2.39. The van der Waals surface area contributed by atoms with E-state index in [2.05, 4.69) is 17.1 Å². The minimum absolute atomic E-state index is 0.134. The van der Waals surface area contributed by atoms with Crippen molar-refractivity contribution in [1.82, 2.24) is 9.97 Å². The molecule has 7 heteroatoms. The van der Waals surface area contributed by atoms with Crippen LogP contribution in [0.2, 0.25) is 0 Å². The summed E-state index contributed by atoms with van der Waals surface area (Å²) < 4.78 is 0. The molecule has 5 rings (SSSR count). The van der Waals surface area contributed by atoms with Crippen molar-refractivity contribution in [2.45, 2.75) is 38.5 Å². The van der Waals surface area contributed by atoms with Crippen LogP contribution in [0.1, 0.15) is 48.0 Å². The monoisotopic (exact) mass is 446 g/mol. The molecule has 1 fully saturated rings. The number of aryl methyl sites for hydroxylation is 1. The van der Waals surface area contributed by atoms with Gasteiger partial charge in [0.2, 0.25) is 5.91 Å². The van der Waals surface area contributed by atoms with E-state index in [1.807, 2.05) is 16.3 Å². The van der Waals surface area contributed by atoms with Crippen LogP contribution in [0.3, 0.4) is 0 Å². The third kappa shape index (κ3) is 3.93. The van der Waals surface area contributed by atoms with Gasteiger partial charge in [-0.3, -0.25) is 19.5 Å². The summed E-state index contributed by atoms with van der Waals surface area (Å²) in [7, 11) is 1.73. The van der Waals surface area contributed by atoms with Gasteiger partial charge in [0, 0.05) is 48.5 Å². The molecule has 2 aliphatic rings. The van der Waals surface area contributed by atoms with Crippen molar-refractivity contribution in [3.63, 3.8) is 0 Å². The molecule has 3 aromatic rings. The van der Waals surface area contributed by atoms with Crippen LogP contribution in [-0.2, 0) is 11.2 Å². The molecule has 2 amide bonds. The second-order valence-corrected chi connectivity index (χ2v) is 9.38. The quantitative estimate of drug-likeness (QED) is 0.569. The Hall–Kier alpha value is -3.06. The molecule has 2 aromatic heterocycles. The van der Waals surface area contributed by atoms with Crippen molar-refractivity contribution < 1.29 is 9.59 Å². The Labute approximate surface area is 191 Å². The van der Waals surface area contributed by atoms with Crippen molar-refractivity contribution >= 4 is 34.0 Å². The van der Waals surface area contributed by atoms with Gasteiger partial charge in [0.25, 0.3) is 5.91 Å². The number of rotatable bonds is 4. The van der Waals surface area contributed by atoms with E-state index >= 15 is 0 Å². The van der Waals surface area contributed by atoms with Gasteiger partial charge in [-0.25, -0.2) is 4.98 Å². The number of fused-ring (bicyclic) bond motifs is 1. The number of carbonyl (C=O) groups is 2. The summed E-state index contributed by atoms with van der Waals surface area (Å²) in [4.78, 5) is 38.1. The van der Waals surface area contributed by atoms with Gasteiger partial charge in [-0.05, 0) is 55.5 Å². The number of aromatic nitrogens is 2. The molecule has 0 N–H and O–H groups in total. The van der Waals surface area contributed by atoms with E-state index in [1.54, 1.807) is 36.5 Å². The highest BCUT2D eigenvalue weighted by Gasteiger charge is 2.30. The normalized spacial score (nSPS) is 16.1. The lowest BCUT2D eigenvalue weighted by Gasteiger charge is -2.31. The zero-order valence-corrected chi connectivity index (χ0v) is 19.0. The molecule has 0 unspecified atom stereocenters. The van der Waals surface area contributed by atoms with Crippen molar-refractivity contribution in [2.75, 3.05) is 23.4 Å². The van der Waals surface area contributed by atoms with Crippen LogP contribution < -0.4 is 9.80 Å². The summed E-state index contributed by atoms with van der Waals surface area (Å²) in [6.45, 7) is 0.809. The molecule has 1 aliphatic heterocycles. The molecule has 0 atom stereocenters. The number of anilines is 2. The largest absolute Gasteiger partial charge is 0.312 e. The molecule has 32 heavy (non-hydrogen) atoms. The molecular formula is C25H26N4O2S. The van der Waals surface area contributed by atoms with E-state index in [4.69, 9.17) is 4.98 Å². The average molecular weight is 447 g/mol. The van der Waals surface area contributed by atoms with Gasteiger partial charge >= 0.3 is 0 Å². The van der Waals surface area contributed by atoms with Gasteiger partial charge in [-0.2, -0.15) is 0 Å². The molecule has 6 nitrogen and oxygen atoms in total. The number of hydrogen-bond acceptors (Lipinski definition) is 5. The number of thiazole rings is 1. The first kappa shape index (κ1) is 20.8. The van der Waals surface area contributed by atoms with E-state index in [1.165, 1.54) is 29.7 Å². The van der Waals surface area contributed by atoms with Crippen molar-refractivity contribution in [3.8, 4) is 11.3 Å². The van der Waals surface area contributed by atoms with Crippen LogP contribution >= 0.6 is 11.3 Å². The van der Waals surface area contributed by atoms with Crippen LogP contribution in [0.15, 0.2) is 48.1 Å². The molecule has 164 valence electrons. The van der Waals surface area contributed by atoms with Crippen LogP contribution in [0.5, 0.6) is 0 Å². The van der Waals surface area contributed by atoms with Crippen LogP contribution in [0, 0.1) is 5.92 Å². The number of carbonyl (C=O) groups excluding carboxylic acids is 2. The van der Waals surface area contributed by atoms with Crippen LogP contribution in [-0.4, -0.2) is 35.4 Å². The number of benzene rings is 1. The van der Waals surface area contributed by atoms with E-state index in [-0.39, 0.29) is 11.8 Å². The Bertz CT molecular complexity index is 1140. The summed E-state index contributed by atoms with van der Waals surface area (Å²) in [6.07, 6.45) is 9.55. The SMILES string of the molecule is CN(C(=O)c1cccnc1)c1nc(-c2ccc3c(c2)CCCN3C(=O)C2CCCC2)cs1. The Kier molecular flexibility index (Phi) is 5.74. The zero-order valence-electron chi connectivity index (χ0n) is 18.2. The highest BCUT2D eigenvalue weighted by Crippen LogP contribution is 2.36. The fourth-order valence-corrected chi connectivity index (χ4v) is 5.50. The smallest absolute Gasteiger partial charge is 0.261 e. The first-order valence-corrected chi connectivity index (χ1v) is 12.1. The second kappa shape index (κ2) is 8.82. The van der Waals surface area contributed by atoms with Crippen LogP contribution in [0.4, 0.5) is 10.8 Å². The Morgan fingerprint density at radius 2 is 2.00 bits per heavy atom. The fraction of sp³-hybridized carbons (Fsp3) is 0.360. The predicted molar refractivity (Wildman–Crippen MR) is 127 cm³/mol. The van der Waals surface area contributed by atoms with Gasteiger partial charge in [-0.1, -0.05) is 18.9 Å². The molecule has 0 radical (unpaired) electrons. The molecule has 3 heterocycles. The van der Waals surface area contributed by atoms with Crippen molar-refractivity contribution in [3.05, 3.63) is 59.2 Å². The maximum Gasteiger partial charge on any atom is 0.261 e.